The van der Waals surface area contributed by atoms with Crippen LogP contribution in [0, 0.1) is 11.7 Å². The molecule has 1 amide bonds. The van der Waals surface area contributed by atoms with Gasteiger partial charge in [0.2, 0.25) is 5.91 Å². The molecule has 2 fully saturated rings. The van der Waals surface area contributed by atoms with Crippen molar-refractivity contribution in [2.45, 2.75) is 45.2 Å². The highest BCUT2D eigenvalue weighted by Crippen LogP contribution is 2.29. The number of carbonyl (C=O) groups is 1. The Labute approximate surface area is 150 Å². The summed E-state index contributed by atoms with van der Waals surface area (Å²) in [7, 11) is 0. The van der Waals surface area contributed by atoms with Gasteiger partial charge >= 0.3 is 0 Å². The molecule has 2 aliphatic heterocycles. The summed E-state index contributed by atoms with van der Waals surface area (Å²) in [5, 5.41) is 3.43. The quantitative estimate of drug-likeness (QED) is 0.910. The van der Waals surface area contributed by atoms with Crippen LogP contribution in [0.1, 0.15) is 44.7 Å². The van der Waals surface area contributed by atoms with Crippen LogP contribution in [0.2, 0.25) is 0 Å². The fourth-order valence-electron chi connectivity index (χ4n) is 4.18. The number of nitrogens with one attached hydrogen (secondary N) is 1. The summed E-state index contributed by atoms with van der Waals surface area (Å²) in [6.07, 6.45) is 3.26. The van der Waals surface area contributed by atoms with E-state index in [4.69, 9.17) is 0 Å². The van der Waals surface area contributed by atoms with E-state index in [0.29, 0.717) is 12.0 Å². The number of hydrogen-bond acceptors (Lipinski definition) is 3. The van der Waals surface area contributed by atoms with Crippen molar-refractivity contribution < 1.29 is 9.18 Å². The zero-order valence-electron chi connectivity index (χ0n) is 15.4. The molecule has 0 aliphatic carbocycles. The topological polar surface area (TPSA) is 35.6 Å². The molecule has 25 heavy (non-hydrogen) atoms. The Kier molecular flexibility index (Phi) is 6.07. The SMILES string of the molecule is CCC1CNCCN1C(C(=O)N1CCCC(C)C1)c1ccc(F)cc1. The third kappa shape index (κ3) is 4.21. The van der Waals surface area contributed by atoms with E-state index in [-0.39, 0.29) is 17.8 Å². The standard InChI is InChI=1S/C20H30FN3O/c1-3-18-13-22-10-12-24(18)19(16-6-8-17(21)9-7-16)20(25)23-11-4-5-15(2)14-23/h6-9,15,18-19,22H,3-5,10-14H2,1-2H3. The summed E-state index contributed by atoms with van der Waals surface area (Å²) < 4.78 is 13.4. The van der Waals surface area contributed by atoms with Crippen LogP contribution >= 0.6 is 0 Å². The van der Waals surface area contributed by atoms with E-state index in [1.165, 1.54) is 18.6 Å². The van der Waals surface area contributed by atoms with E-state index in [1.54, 1.807) is 12.1 Å². The fraction of sp³-hybridized carbons (Fsp3) is 0.650. The minimum Gasteiger partial charge on any atom is -0.341 e. The van der Waals surface area contributed by atoms with Gasteiger partial charge in [0.15, 0.2) is 0 Å². The maximum absolute atomic E-state index is 13.5. The molecule has 0 bridgehead atoms. The van der Waals surface area contributed by atoms with Crippen molar-refractivity contribution in [1.82, 2.24) is 15.1 Å². The van der Waals surface area contributed by atoms with Crippen LogP contribution < -0.4 is 5.32 Å². The zero-order valence-corrected chi connectivity index (χ0v) is 15.4. The van der Waals surface area contributed by atoms with Crippen LogP contribution in [-0.4, -0.2) is 54.5 Å². The monoisotopic (exact) mass is 347 g/mol. The maximum atomic E-state index is 13.5. The lowest BCUT2D eigenvalue weighted by atomic mass is 9.96. The Hall–Kier alpha value is -1.46. The zero-order chi connectivity index (χ0) is 17.8. The molecule has 0 saturated carbocycles. The Bertz CT molecular complexity index is 577. The van der Waals surface area contributed by atoms with E-state index < -0.39 is 0 Å². The lowest BCUT2D eigenvalue weighted by Crippen LogP contribution is -2.56. The smallest absolute Gasteiger partial charge is 0.244 e. The molecule has 0 radical (unpaired) electrons. The second-order valence-corrected chi connectivity index (χ2v) is 7.49. The number of carbonyl (C=O) groups excluding carboxylic acids is 1. The van der Waals surface area contributed by atoms with Gasteiger partial charge in [-0.15, -0.1) is 0 Å². The summed E-state index contributed by atoms with van der Waals surface area (Å²) >= 11 is 0. The van der Waals surface area contributed by atoms with Crippen LogP contribution in [0.15, 0.2) is 24.3 Å². The molecule has 0 aromatic heterocycles. The van der Waals surface area contributed by atoms with Gasteiger partial charge in [-0.05, 0) is 42.9 Å². The minimum absolute atomic E-state index is 0.179. The molecule has 4 nitrogen and oxygen atoms in total. The van der Waals surface area contributed by atoms with E-state index in [9.17, 15) is 9.18 Å². The molecule has 1 aromatic rings. The molecule has 0 spiro atoms. The van der Waals surface area contributed by atoms with Gasteiger partial charge in [-0.2, -0.15) is 0 Å². The van der Waals surface area contributed by atoms with E-state index in [1.807, 2.05) is 4.90 Å². The first-order valence-corrected chi connectivity index (χ1v) is 9.61. The van der Waals surface area contributed by atoms with Crippen molar-refractivity contribution >= 4 is 5.91 Å². The van der Waals surface area contributed by atoms with Crippen molar-refractivity contribution in [2.75, 3.05) is 32.7 Å². The number of benzene rings is 1. The Morgan fingerprint density at radius 1 is 1.32 bits per heavy atom. The average molecular weight is 347 g/mol. The first-order chi connectivity index (χ1) is 12.1. The van der Waals surface area contributed by atoms with E-state index >= 15 is 0 Å². The predicted octanol–water partition coefficient (Wildman–Crippen LogP) is 2.81. The van der Waals surface area contributed by atoms with Crippen molar-refractivity contribution in [2.24, 2.45) is 5.92 Å². The Morgan fingerprint density at radius 3 is 2.76 bits per heavy atom. The molecule has 1 aromatic carbocycles. The number of halogens is 1. The molecule has 2 saturated heterocycles. The minimum atomic E-state index is -0.307. The molecule has 3 atom stereocenters. The summed E-state index contributed by atoms with van der Waals surface area (Å²) in [5.41, 5.74) is 0.907. The number of rotatable bonds is 4. The number of piperidine rings is 1. The molecule has 2 heterocycles. The maximum Gasteiger partial charge on any atom is 0.244 e. The summed E-state index contributed by atoms with van der Waals surface area (Å²) in [5.74, 6) is 0.476. The van der Waals surface area contributed by atoms with Crippen LogP contribution in [0.25, 0.3) is 0 Å². The lowest BCUT2D eigenvalue weighted by molar-refractivity contribution is -0.140. The summed E-state index contributed by atoms with van der Waals surface area (Å²) in [6, 6.07) is 6.52. The van der Waals surface area contributed by atoms with Gasteiger partial charge in [0.1, 0.15) is 11.9 Å². The molecular formula is C20H30FN3O. The highest BCUT2D eigenvalue weighted by atomic mass is 19.1. The van der Waals surface area contributed by atoms with Gasteiger partial charge in [0, 0.05) is 38.8 Å². The van der Waals surface area contributed by atoms with E-state index in [2.05, 4.69) is 24.1 Å². The number of piperazine rings is 1. The van der Waals surface area contributed by atoms with Gasteiger partial charge < -0.3 is 10.2 Å². The van der Waals surface area contributed by atoms with Gasteiger partial charge in [-0.3, -0.25) is 9.69 Å². The van der Waals surface area contributed by atoms with Crippen LogP contribution in [-0.2, 0) is 4.79 Å². The molecule has 2 aliphatic rings. The first-order valence-electron chi connectivity index (χ1n) is 9.61. The third-order valence-electron chi connectivity index (χ3n) is 5.59. The van der Waals surface area contributed by atoms with Gasteiger partial charge in [0.05, 0.1) is 0 Å². The summed E-state index contributed by atoms with van der Waals surface area (Å²) in [6.45, 7) is 8.68. The molecule has 1 N–H and O–H groups in total. The Balaban J connectivity index is 1.90. The normalized spacial score (nSPS) is 26.4. The lowest BCUT2D eigenvalue weighted by Gasteiger charge is -2.43. The first kappa shape index (κ1) is 18.3. The van der Waals surface area contributed by atoms with Crippen molar-refractivity contribution in [1.29, 1.82) is 0 Å². The van der Waals surface area contributed by atoms with Crippen molar-refractivity contribution in [3.8, 4) is 0 Å². The van der Waals surface area contributed by atoms with Gasteiger partial charge in [-0.1, -0.05) is 26.0 Å². The third-order valence-corrected chi connectivity index (χ3v) is 5.59. The van der Waals surface area contributed by atoms with Crippen LogP contribution in [0.3, 0.4) is 0 Å². The fourth-order valence-corrected chi connectivity index (χ4v) is 4.18. The molecule has 3 rings (SSSR count). The number of amides is 1. The largest absolute Gasteiger partial charge is 0.341 e. The number of nitrogens with zero attached hydrogens (tertiary/aromatic N) is 2. The Morgan fingerprint density at radius 2 is 2.08 bits per heavy atom. The van der Waals surface area contributed by atoms with Crippen molar-refractivity contribution in [3.63, 3.8) is 0 Å². The van der Waals surface area contributed by atoms with Crippen molar-refractivity contribution in [3.05, 3.63) is 35.6 Å². The highest BCUT2D eigenvalue weighted by Gasteiger charge is 2.36. The number of likely N-dealkylation sites (tertiary alicyclic amines) is 1. The summed E-state index contributed by atoms with van der Waals surface area (Å²) in [4.78, 5) is 17.8. The highest BCUT2D eigenvalue weighted by molar-refractivity contribution is 5.83. The predicted molar refractivity (Wildman–Crippen MR) is 97.8 cm³/mol. The molecule has 5 heteroatoms. The molecular weight excluding hydrogens is 317 g/mol. The molecule has 3 unspecified atom stereocenters. The van der Waals surface area contributed by atoms with Crippen LogP contribution in [0.5, 0.6) is 0 Å². The second-order valence-electron chi connectivity index (χ2n) is 7.49. The number of hydrogen-bond donors (Lipinski definition) is 1. The van der Waals surface area contributed by atoms with E-state index in [0.717, 1.165) is 51.1 Å². The second kappa shape index (κ2) is 8.28. The molecule has 138 valence electrons. The van der Waals surface area contributed by atoms with Gasteiger partial charge in [0.25, 0.3) is 0 Å². The van der Waals surface area contributed by atoms with Gasteiger partial charge in [-0.25, -0.2) is 4.39 Å². The van der Waals surface area contributed by atoms with Crippen LogP contribution in [0.4, 0.5) is 4.39 Å². The average Bonchev–Trinajstić information content (AvgIpc) is 2.64.